The number of aromatic nitrogens is 1. The average molecular weight is 392 g/mol. The maximum Gasteiger partial charge on any atom is 0.254 e. The molecule has 138 valence electrons. The van der Waals surface area contributed by atoms with Gasteiger partial charge in [-0.3, -0.25) is 9.69 Å². The zero-order chi connectivity index (χ0) is 17.9. The molecule has 1 amide bonds. The van der Waals surface area contributed by atoms with Gasteiger partial charge in [-0.15, -0.1) is 11.3 Å². The number of fused-ring (bicyclic) bond motifs is 2. The van der Waals surface area contributed by atoms with Crippen LogP contribution in [0.4, 0.5) is 0 Å². The minimum Gasteiger partial charge on any atom is -0.332 e. The molecule has 2 atom stereocenters. The SMILES string of the molecule is O=C(c1ccc2ncsc2c1)N1CCN(CC2CC2)[C@@H]2CS(=O)(=O)C[C@@H]21. The van der Waals surface area contributed by atoms with Crippen LogP contribution in [0.15, 0.2) is 23.7 Å². The molecule has 0 unspecified atom stereocenters. The largest absolute Gasteiger partial charge is 0.332 e. The lowest BCUT2D eigenvalue weighted by atomic mass is 10.0. The molecular formula is C18H21N3O3S2. The van der Waals surface area contributed by atoms with Crippen LogP contribution in [0, 0.1) is 5.92 Å². The zero-order valence-electron chi connectivity index (χ0n) is 14.4. The summed E-state index contributed by atoms with van der Waals surface area (Å²) in [4.78, 5) is 21.5. The molecule has 3 heterocycles. The summed E-state index contributed by atoms with van der Waals surface area (Å²) in [6.07, 6.45) is 2.50. The predicted molar refractivity (Wildman–Crippen MR) is 101 cm³/mol. The number of nitrogens with zero attached hydrogens (tertiary/aromatic N) is 3. The van der Waals surface area contributed by atoms with Gasteiger partial charge in [-0.1, -0.05) is 0 Å². The molecule has 1 saturated carbocycles. The Morgan fingerprint density at radius 1 is 1.19 bits per heavy atom. The lowest BCUT2D eigenvalue weighted by molar-refractivity contribution is 0.0318. The third-order valence-electron chi connectivity index (χ3n) is 5.82. The van der Waals surface area contributed by atoms with Crippen molar-refractivity contribution in [3.05, 3.63) is 29.3 Å². The van der Waals surface area contributed by atoms with Crippen molar-refractivity contribution in [2.24, 2.45) is 5.92 Å². The normalized spacial score (nSPS) is 28.4. The zero-order valence-corrected chi connectivity index (χ0v) is 16.0. The molecule has 0 bridgehead atoms. The molecular weight excluding hydrogens is 370 g/mol. The van der Waals surface area contributed by atoms with Gasteiger partial charge in [-0.05, 0) is 37.0 Å². The van der Waals surface area contributed by atoms with Crippen molar-refractivity contribution in [1.29, 1.82) is 0 Å². The molecule has 5 rings (SSSR count). The van der Waals surface area contributed by atoms with Gasteiger partial charge in [-0.2, -0.15) is 0 Å². The Morgan fingerprint density at radius 2 is 2.00 bits per heavy atom. The molecule has 1 aromatic heterocycles. The molecule has 3 aliphatic rings. The van der Waals surface area contributed by atoms with E-state index in [-0.39, 0.29) is 29.5 Å². The van der Waals surface area contributed by atoms with Gasteiger partial charge < -0.3 is 4.90 Å². The van der Waals surface area contributed by atoms with Crippen LogP contribution in [0.1, 0.15) is 23.2 Å². The lowest BCUT2D eigenvalue weighted by Gasteiger charge is -2.44. The number of thiazole rings is 1. The topological polar surface area (TPSA) is 70.6 Å². The predicted octanol–water partition coefficient (Wildman–Crippen LogP) is 1.63. The van der Waals surface area contributed by atoms with E-state index >= 15 is 0 Å². The van der Waals surface area contributed by atoms with Crippen molar-refractivity contribution in [2.45, 2.75) is 24.9 Å². The highest BCUT2D eigenvalue weighted by Gasteiger charge is 2.48. The van der Waals surface area contributed by atoms with Gasteiger partial charge in [0, 0.05) is 31.2 Å². The number of hydrogen-bond donors (Lipinski definition) is 0. The van der Waals surface area contributed by atoms with E-state index in [2.05, 4.69) is 9.88 Å². The summed E-state index contributed by atoms with van der Waals surface area (Å²) in [6, 6.07) is 5.28. The maximum atomic E-state index is 13.2. The summed E-state index contributed by atoms with van der Waals surface area (Å²) in [5, 5.41) is 0. The van der Waals surface area contributed by atoms with Crippen LogP contribution < -0.4 is 0 Å². The van der Waals surface area contributed by atoms with Crippen LogP contribution in [0.3, 0.4) is 0 Å². The molecule has 6 nitrogen and oxygen atoms in total. The Morgan fingerprint density at radius 3 is 2.81 bits per heavy atom. The fourth-order valence-electron chi connectivity index (χ4n) is 4.29. The number of carbonyl (C=O) groups is 1. The molecule has 0 radical (unpaired) electrons. The second kappa shape index (κ2) is 6.00. The molecule has 2 aliphatic heterocycles. The van der Waals surface area contributed by atoms with E-state index in [1.807, 2.05) is 12.1 Å². The Bertz CT molecular complexity index is 967. The van der Waals surface area contributed by atoms with Crippen molar-refractivity contribution < 1.29 is 13.2 Å². The Hall–Kier alpha value is -1.51. The Balaban J connectivity index is 1.43. The molecule has 1 aliphatic carbocycles. The Labute approximate surface area is 156 Å². The Kier molecular flexibility index (Phi) is 3.84. The van der Waals surface area contributed by atoms with Crippen molar-refractivity contribution >= 4 is 37.3 Å². The molecule has 0 spiro atoms. The van der Waals surface area contributed by atoms with Crippen molar-refractivity contribution in [1.82, 2.24) is 14.8 Å². The van der Waals surface area contributed by atoms with Gasteiger partial charge >= 0.3 is 0 Å². The van der Waals surface area contributed by atoms with Gasteiger partial charge in [0.15, 0.2) is 9.84 Å². The first-order valence-electron chi connectivity index (χ1n) is 9.09. The van der Waals surface area contributed by atoms with E-state index < -0.39 is 9.84 Å². The van der Waals surface area contributed by atoms with Gasteiger partial charge in [0.2, 0.25) is 0 Å². The first kappa shape index (κ1) is 16.6. The minimum absolute atomic E-state index is 0.0505. The van der Waals surface area contributed by atoms with Crippen LogP contribution >= 0.6 is 11.3 Å². The van der Waals surface area contributed by atoms with E-state index in [1.54, 1.807) is 16.5 Å². The third kappa shape index (κ3) is 2.93. The first-order chi connectivity index (χ1) is 12.5. The monoisotopic (exact) mass is 391 g/mol. The van der Waals surface area contributed by atoms with E-state index in [0.717, 1.165) is 29.2 Å². The maximum absolute atomic E-state index is 13.2. The highest BCUT2D eigenvalue weighted by atomic mass is 32.2. The van der Waals surface area contributed by atoms with Crippen LogP contribution in [0.25, 0.3) is 10.2 Å². The highest BCUT2D eigenvalue weighted by Crippen LogP contribution is 2.34. The summed E-state index contributed by atoms with van der Waals surface area (Å²) in [6.45, 7) is 2.34. The van der Waals surface area contributed by atoms with Crippen LogP contribution in [-0.4, -0.2) is 72.3 Å². The van der Waals surface area contributed by atoms with Gasteiger partial charge in [0.05, 0.1) is 33.3 Å². The quantitative estimate of drug-likeness (QED) is 0.795. The number of carbonyl (C=O) groups excluding carboxylic acids is 1. The van der Waals surface area contributed by atoms with Crippen molar-refractivity contribution in [3.63, 3.8) is 0 Å². The number of hydrogen-bond acceptors (Lipinski definition) is 6. The second-order valence-electron chi connectivity index (χ2n) is 7.68. The number of piperazine rings is 1. The average Bonchev–Trinajstić information content (AvgIpc) is 3.18. The first-order valence-corrected chi connectivity index (χ1v) is 11.8. The molecule has 3 fully saturated rings. The molecule has 2 aromatic rings. The number of sulfone groups is 1. The highest BCUT2D eigenvalue weighted by molar-refractivity contribution is 7.91. The molecule has 0 N–H and O–H groups in total. The van der Waals surface area contributed by atoms with Gasteiger partial charge in [-0.25, -0.2) is 13.4 Å². The van der Waals surface area contributed by atoms with E-state index in [1.165, 1.54) is 24.2 Å². The van der Waals surface area contributed by atoms with Crippen molar-refractivity contribution in [3.8, 4) is 0 Å². The summed E-state index contributed by atoms with van der Waals surface area (Å²) >= 11 is 1.51. The second-order valence-corrected chi connectivity index (χ2v) is 10.7. The molecule has 8 heteroatoms. The molecule has 1 aromatic carbocycles. The number of rotatable bonds is 3. The van der Waals surface area contributed by atoms with E-state index in [4.69, 9.17) is 0 Å². The van der Waals surface area contributed by atoms with Crippen LogP contribution in [-0.2, 0) is 9.84 Å². The number of benzene rings is 1. The van der Waals surface area contributed by atoms with Crippen molar-refractivity contribution in [2.75, 3.05) is 31.1 Å². The van der Waals surface area contributed by atoms with E-state index in [9.17, 15) is 13.2 Å². The minimum atomic E-state index is -3.09. The fraction of sp³-hybridized carbons (Fsp3) is 0.556. The van der Waals surface area contributed by atoms with Gasteiger partial charge in [0.25, 0.3) is 5.91 Å². The fourth-order valence-corrected chi connectivity index (χ4v) is 7.02. The number of amides is 1. The van der Waals surface area contributed by atoms with Gasteiger partial charge in [0.1, 0.15) is 0 Å². The van der Waals surface area contributed by atoms with E-state index in [0.29, 0.717) is 12.1 Å². The standard InChI is InChI=1S/C18H21N3O3S2/c22-18(13-3-4-14-17(7-13)25-11-19-14)21-6-5-20(8-12-1-2-12)15-9-26(23,24)10-16(15)21/h3-4,7,11-12,15-16H,1-2,5-6,8-10H2/t15-,16+/m1/s1. The lowest BCUT2D eigenvalue weighted by Crippen LogP contribution is -2.60. The molecule has 2 saturated heterocycles. The van der Waals surface area contributed by atoms with Crippen LogP contribution in [0.2, 0.25) is 0 Å². The summed E-state index contributed by atoms with van der Waals surface area (Å²) in [5.74, 6) is 0.934. The third-order valence-corrected chi connectivity index (χ3v) is 8.31. The summed E-state index contributed by atoms with van der Waals surface area (Å²) < 4.78 is 25.6. The van der Waals surface area contributed by atoms with Crippen LogP contribution in [0.5, 0.6) is 0 Å². The summed E-state index contributed by atoms with van der Waals surface area (Å²) in [7, 11) is -3.09. The molecule has 26 heavy (non-hydrogen) atoms. The summed E-state index contributed by atoms with van der Waals surface area (Å²) in [5.41, 5.74) is 3.29. The smallest absolute Gasteiger partial charge is 0.254 e.